The topological polar surface area (TPSA) is 91.6 Å². The summed E-state index contributed by atoms with van der Waals surface area (Å²) >= 11 is 5.91. The SMILES string of the molecule is Cc1ccc(CNC(=O)c2cn3c(c(O)c2=O)C(=O)N2CCCCC3C2)c(F)c1Cl. The van der Waals surface area contributed by atoms with Crippen molar-refractivity contribution in [1.29, 1.82) is 0 Å². The number of carbonyl (C=O) groups is 2. The van der Waals surface area contributed by atoms with E-state index in [1.54, 1.807) is 22.5 Å². The smallest absolute Gasteiger partial charge is 0.274 e. The van der Waals surface area contributed by atoms with Gasteiger partial charge in [0, 0.05) is 31.4 Å². The summed E-state index contributed by atoms with van der Waals surface area (Å²) in [4.78, 5) is 39.6. The predicted molar refractivity (Wildman–Crippen MR) is 108 cm³/mol. The summed E-state index contributed by atoms with van der Waals surface area (Å²) in [6.45, 7) is 2.54. The number of nitrogens with zero attached hydrogens (tertiary/aromatic N) is 2. The number of aromatic nitrogens is 1. The molecule has 0 saturated carbocycles. The maximum atomic E-state index is 14.3. The third-order valence-electron chi connectivity index (χ3n) is 5.78. The van der Waals surface area contributed by atoms with Crippen LogP contribution in [0.2, 0.25) is 5.02 Å². The normalized spacial score (nSPS) is 18.0. The van der Waals surface area contributed by atoms with Gasteiger partial charge in [-0.2, -0.15) is 0 Å². The largest absolute Gasteiger partial charge is 0.503 e. The fourth-order valence-electron chi connectivity index (χ4n) is 4.06. The molecule has 7 nitrogen and oxygen atoms in total. The Hall–Kier alpha value is -2.87. The van der Waals surface area contributed by atoms with Gasteiger partial charge in [0.1, 0.15) is 11.4 Å². The fourth-order valence-corrected chi connectivity index (χ4v) is 4.24. The molecule has 1 aromatic heterocycles. The molecule has 0 spiro atoms. The highest BCUT2D eigenvalue weighted by atomic mass is 35.5. The summed E-state index contributed by atoms with van der Waals surface area (Å²) in [5.74, 6) is -2.53. The van der Waals surface area contributed by atoms with Gasteiger partial charge in [-0.05, 0) is 31.7 Å². The first-order chi connectivity index (χ1) is 14.3. The van der Waals surface area contributed by atoms with Crippen molar-refractivity contribution in [2.24, 2.45) is 0 Å². The summed E-state index contributed by atoms with van der Waals surface area (Å²) in [6, 6.07) is 3.02. The minimum Gasteiger partial charge on any atom is -0.503 e. The van der Waals surface area contributed by atoms with Gasteiger partial charge in [0.15, 0.2) is 11.4 Å². The van der Waals surface area contributed by atoms with E-state index in [1.165, 1.54) is 12.3 Å². The summed E-state index contributed by atoms with van der Waals surface area (Å²) in [5, 5.41) is 12.9. The molecule has 30 heavy (non-hydrogen) atoms. The van der Waals surface area contributed by atoms with Crippen molar-refractivity contribution in [1.82, 2.24) is 14.8 Å². The van der Waals surface area contributed by atoms with Gasteiger partial charge >= 0.3 is 0 Å². The number of aryl methyl sites for hydroxylation is 1. The van der Waals surface area contributed by atoms with E-state index >= 15 is 0 Å². The van der Waals surface area contributed by atoms with Crippen LogP contribution in [-0.4, -0.2) is 39.5 Å². The van der Waals surface area contributed by atoms with Gasteiger partial charge < -0.3 is 19.9 Å². The van der Waals surface area contributed by atoms with Crippen LogP contribution >= 0.6 is 11.6 Å². The molecule has 2 aliphatic rings. The first-order valence-corrected chi connectivity index (χ1v) is 10.2. The Labute approximate surface area is 177 Å². The van der Waals surface area contributed by atoms with Crippen LogP contribution in [0.3, 0.4) is 0 Å². The number of halogens is 2. The van der Waals surface area contributed by atoms with E-state index in [1.807, 2.05) is 0 Å². The lowest BCUT2D eigenvalue weighted by Crippen LogP contribution is -2.44. The lowest BCUT2D eigenvalue weighted by molar-refractivity contribution is 0.0677. The second-order valence-corrected chi connectivity index (χ2v) is 8.11. The lowest BCUT2D eigenvalue weighted by Gasteiger charge is -2.34. The number of aromatic hydroxyl groups is 1. The van der Waals surface area contributed by atoms with E-state index in [0.29, 0.717) is 18.7 Å². The molecule has 0 aliphatic carbocycles. The molecule has 0 radical (unpaired) electrons. The summed E-state index contributed by atoms with van der Waals surface area (Å²) in [6.07, 6.45) is 3.85. The molecule has 1 saturated heterocycles. The maximum absolute atomic E-state index is 14.3. The molecule has 3 heterocycles. The Morgan fingerprint density at radius 2 is 2.10 bits per heavy atom. The molecular formula is C21H21ClFN3O4. The molecule has 2 aliphatic heterocycles. The Balaban J connectivity index is 1.66. The monoisotopic (exact) mass is 433 g/mol. The van der Waals surface area contributed by atoms with Crippen molar-refractivity contribution in [3.63, 3.8) is 0 Å². The van der Waals surface area contributed by atoms with E-state index in [9.17, 15) is 23.9 Å². The average molecular weight is 434 g/mol. The van der Waals surface area contributed by atoms with Crippen LogP contribution in [0.15, 0.2) is 23.1 Å². The molecule has 2 N–H and O–H groups in total. The number of hydrogen-bond donors (Lipinski definition) is 2. The van der Waals surface area contributed by atoms with Gasteiger partial charge in [0.2, 0.25) is 5.43 Å². The highest BCUT2D eigenvalue weighted by Crippen LogP contribution is 2.31. The summed E-state index contributed by atoms with van der Waals surface area (Å²) < 4.78 is 15.8. The van der Waals surface area contributed by atoms with Gasteiger partial charge in [0.25, 0.3) is 11.8 Å². The third-order valence-corrected chi connectivity index (χ3v) is 6.24. The number of carbonyl (C=O) groups excluding carboxylic acids is 2. The quantitative estimate of drug-likeness (QED) is 0.778. The Kier molecular flexibility index (Phi) is 5.27. The standard InChI is InChI=1S/C21H21ClFN3O4/c1-11-5-6-12(16(23)15(11)22)8-24-20(29)14-10-26-13-4-2-3-7-25(9-13)21(30)17(26)19(28)18(14)27/h5-6,10,13,28H,2-4,7-9H2,1H3,(H,24,29). The summed E-state index contributed by atoms with van der Waals surface area (Å²) in [7, 11) is 0. The number of hydrogen-bond acceptors (Lipinski definition) is 4. The van der Waals surface area contributed by atoms with Crippen molar-refractivity contribution in [2.75, 3.05) is 13.1 Å². The zero-order valence-corrected chi connectivity index (χ0v) is 17.1. The number of rotatable bonds is 3. The van der Waals surface area contributed by atoms with E-state index in [2.05, 4.69) is 5.32 Å². The van der Waals surface area contributed by atoms with Crippen LogP contribution < -0.4 is 10.7 Å². The second-order valence-electron chi connectivity index (χ2n) is 7.73. The Morgan fingerprint density at radius 1 is 1.33 bits per heavy atom. The molecule has 1 fully saturated rings. The number of benzene rings is 1. The molecule has 1 atom stereocenters. The van der Waals surface area contributed by atoms with Crippen molar-refractivity contribution < 1.29 is 19.1 Å². The van der Waals surface area contributed by atoms with Crippen molar-refractivity contribution >= 4 is 23.4 Å². The molecule has 1 unspecified atom stereocenters. The molecule has 1 aromatic carbocycles. The lowest BCUT2D eigenvalue weighted by atomic mass is 10.1. The van der Waals surface area contributed by atoms with Crippen LogP contribution in [0, 0.1) is 12.7 Å². The van der Waals surface area contributed by atoms with Gasteiger partial charge in [-0.1, -0.05) is 23.7 Å². The van der Waals surface area contributed by atoms with Crippen LogP contribution in [0.1, 0.15) is 57.3 Å². The summed E-state index contributed by atoms with van der Waals surface area (Å²) in [5.41, 5.74) is -0.541. The minimum atomic E-state index is -0.922. The third kappa shape index (κ3) is 3.35. The van der Waals surface area contributed by atoms with E-state index in [-0.39, 0.29) is 34.4 Å². The Morgan fingerprint density at radius 3 is 2.87 bits per heavy atom. The van der Waals surface area contributed by atoms with Gasteiger partial charge in [-0.25, -0.2) is 4.39 Å². The predicted octanol–water partition coefficient (Wildman–Crippen LogP) is 2.77. The number of amides is 2. The molecule has 9 heteroatoms. The first kappa shape index (κ1) is 20.4. The van der Waals surface area contributed by atoms with Crippen LogP contribution in [-0.2, 0) is 6.54 Å². The highest BCUT2D eigenvalue weighted by Gasteiger charge is 2.36. The van der Waals surface area contributed by atoms with E-state index in [4.69, 9.17) is 11.6 Å². The van der Waals surface area contributed by atoms with E-state index in [0.717, 1.165) is 19.3 Å². The molecular weight excluding hydrogens is 413 g/mol. The number of pyridine rings is 1. The van der Waals surface area contributed by atoms with Gasteiger partial charge in [0.05, 0.1) is 11.1 Å². The average Bonchev–Trinajstić information content (AvgIpc) is 2.95. The highest BCUT2D eigenvalue weighted by molar-refractivity contribution is 6.31. The van der Waals surface area contributed by atoms with Crippen molar-refractivity contribution in [3.05, 3.63) is 61.8 Å². The zero-order valence-electron chi connectivity index (χ0n) is 16.4. The van der Waals surface area contributed by atoms with Gasteiger partial charge in [-0.3, -0.25) is 14.4 Å². The van der Waals surface area contributed by atoms with Crippen LogP contribution in [0.25, 0.3) is 0 Å². The molecule has 2 bridgehead atoms. The zero-order chi connectivity index (χ0) is 21.6. The fraction of sp³-hybridized carbons (Fsp3) is 0.381. The van der Waals surface area contributed by atoms with Crippen molar-refractivity contribution in [3.8, 4) is 5.75 Å². The molecule has 2 amide bonds. The minimum absolute atomic E-state index is 0.0235. The number of fused-ring (bicyclic) bond motifs is 4. The Bertz CT molecular complexity index is 1110. The van der Waals surface area contributed by atoms with Crippen LogP contribution in [0.5, 0.6) is 5.75 Å². The molecule has 4 rings (SSSR count). The van der Waals surface area contributed by atoms with Gasteiger partial charge in [-0.15, -0.1) is 0 Å². The maximum Gasteiger partial charge on any atom is 0.274 e. The van der Waals surface area contributed by atoms with E-state index < -0.39 is 28.8 Å². The van der Waals surface area contributed by atoms with Crippen LogP contribution in [0.4, 0.5) is 4.39 Å². The molecule has 158 valence electrons. The first-order valence-electron chi connectivity index (χ1n) is 9.78. The second kappa shape index (κ2) is 7.75. The van der Waals surface area contributed by atoms with Crippen molar-refractivity contribution in [2.45, 2.75) is 38.8 Å². The number of nitrogens with one attached hydrogen (secondary N) is 1. The molecule has 2 aromatic rings.